The van der Waals surface area contributed by atoms with Crippen molar-refractivity contribution < 1.29 is 4.74 Å². The van der Waals surface area contributed by atoms with Gasteiger partial charge >= 0.3 is 0 Å². The number of hydrogen-bond donors (Lipinski definition) is 2. The minimum Gasteiger partial charge on any atom is -0.491 e. The summed E-state index contributed by atoms with van der Waals surface area (Å²) in [6.07, 6.45) is 9.70. The number of para-hydroxylation sites is 1. The molecule has 2 rings (SSSR count). The van der Waals surface area contributed by atoms with Crippen LogP contribution in [0, 0.1) is 0 Å². The van der Waals surface area contributed by atoms with E-state index in [1.807, 2.05) is 18.2 Å². The molecule has 1 aromatic rings. The van der Waals surface area contributed by atoms with E-state index in [9.17, 15) is 0 Å². The second kappa shape index (κ2) is 7.83. The molecule has 3 nitrogen and oxygen atoms in total. The molecule has 0 fully saturated rings. The minimum atomic E-state index is 0.709. The number of ether oxygens (including phenoxy) is 1. The summed E-state index contributed by atoms with van der Waals surface area (Å²) in [6.45, 7) is 3.74. The van der Waals surface area contributed by atoms with Gasteiger partial charge in [-0.2, -0.15) is 0 Å². The number of anilines is 2. The third-order valence-corrected chi connectivity index (χ3v) is 3.67. The highest BCUT2D eigenvalue weighted by Gasteiger charge is 2.07. The van der Waals surface area contributed by atoms with Crippen LogP contribution in [0.3, 0.4) is 0 Å². The first-order valence-corrected chi connectivity index (χ1v) is 7.74. The average Bonchev–Trinajstić information content (AvgIpc) is 2.49. The van der Waals surface area contributed by atoms with Gasteiger partial charge in [0, 0.05) is 6.54 Å². The molecule has 0 amide bonds. The number of allylic oxidation sites excluding steroid dienone is 1. The zero-order valence-electron chi connectivity index (χ0n) is 12.5. The van der Waals surface area contributed by atoms with Crippen LogP contribution < -0.4 is 15.8 Å². The highest BCUT2D eigenvalue weighted by atomic mass is 16.5. The monoisotopic (exact) mass is 274 g/mol. The Balaban J connectivity index is 1.87. The molecule has 20 heavy (non-hydrogen) atoms. The van der Waals surface area contributed by atoms with Crippen LogP contribution in [0.15, 0.2) is 29.8 Å². The molecular formula is C17H26N2O. The van der Waals surface area contributed by atoms with Crippen molar-refractivity contribution in [2.24, 2.45) is 0 Å². The Hall–Kier alpha value is -1.64. The molecule has 0 bridgehead atoms. The first-order chi connectivity index (χ1) is 9.81. The lowest BCUT2D eigenvalue weighted by Gasteiger charge is -2.16. The molecule has 0 saturated carbocycles. The summed E-state index contributed by atoms with van der Waals surface area (Å²) in [4.78, 5) is 0. The van der Waals surface area contributed by atoms with Gasteiger partial charge in [0.15, 0.2) is 0 Å². The van der Waals surface area contributed by atoms with Gasteiger partial charge in [-0.05, 0) is 50.7 Å². The van der Waals surface area contributed by atoms with Crippen molar-refractivity contribution in [3.05, 3.63) is 29.8 Å². The Morgan fingerprint density at radius 3 is 2.95 bits per heavy atom. The van der Waals surface area contributed by atoms with Crippen molar-refractivity contribution in [3.63, 3.8) is 0 Å². The maximum Gasteiger partial charge on any atom is 0.144 e. The van der Waals surface area contributed by atoms with Crippen molar-refractivity contribution >= 4 is 11.4 Å². The maximum atomic E-state index is 6.14. The summed E-state index contributed by atoms with van der Waals surface area (Å²) in [7, 11) is 0. The number of benzene rings is 1. The molecule has 0 heterocycles. The first-order valence-electron chi connectivity index (χ1n) is 7.74. The topological polar surface area (TPSA) is 47.3 Å². The van der Waals surface area contributed by atoms with Gasteiger partial charge in [-0.15, -0.1) is 0 Å². The van der Waals surface area contributed by atoms with Gasteiger partial charge in [-0.1, -0.05) is 24.6 Å². The normalized spacial score (nSPS) is 14.8. The third kappa shape index (κ3) is 4.19. The number of nitrogens with one attached hydrogen (secondary N) is 1. The molecule has 0 radical (unpaired) electrons. The third-order valence-electron chi connectivity index (χ3n) is 3.67. The molecule has 0 spiro atoms. The van der Waals surface area contributed by atoms with Crippen LogP contribution in [0.5, 0.6) is 5.75 Å². The minimum absolute atomic E-state index is 0.709. The van der Waals surface area contributed by atoms with Crippen molar-refractivity contribution in [2.45, 2.75) is 45.4 Å². The molecule has 0 saturated heterocycles. The van der Waals surface area contributed by atoms with Gasteiger partial charge in [-0.3, -0.25) is 0 Å². The predicted octanol–water partition coefficient (Wildman–Crippen LogP) is 4.36. The van der Waals surface area contributed by atoms with E-state index in [-0.39, 0.29) is 0 Å². The van der Waals surface area contributed by atoms with E-state index in [2.05, 4.69) is 18.3 Å². The van der Waals surface area contributed by atoms with Crippen LogP contribution in [-0.4, -0.2) is 13.2 Å². The Morgan fingerprint density at radius 1 is 1.30 bits per heavy atom. The van der Waals surface area contributed by atoms with Gasteiger partial charge in [0.2, 0.25) is 0 Å². The van der Waals surface area contributed by atoms with Crippen molar-refractivity contribution in [3.8, 4) is 5.75 Å². The number of nitrogen functional groups attached to an aromatic ring is 1. The summed E-state index contributed by atoms with van der Waals surface area (Å²) < 4.78 is 5.65. The summed E-state index contributed by atoms with van der Waals surface area (Å²) in [5.74, 6) is 0.786. The highest BCUT2D eigenvalue weighted by molar-refractivity contribution is 5.72. The van der Waals surface area contributed by atoms with Crippen LogP contribution in [0.4, 0.5) is 11.4 Å². The van der Waals surface area contributed by atoms with Crippen molar-refractivity contribution in [1.29, 1.82) is 0 Å². The molecular weight excluding hydrogens is 248 g/mol. The van der Waals surface area contributed by atoms with Gasteiger partial charge in [0.25, 0.3) is 0 Å². The molecule has 1 aromatic carbocycles. The van der Waals surface area contributed by atoms with Gasteiger partial charge in [0.1, 0.15) is 5.75 Å². The fourth-order valence-corrected chi connectivity index (χ4v) is 2.53. The quantitative estimate of drug-likeness (QED) is 0.573. The summed E-state index contributed by atoms with van der Waals surface area (Å²) in [6, 6.07) is 5.94. The molecule has 3 heteroatoms. The lowest BCUT2D eigenvalue weighted by molar-refractivity contribution is 0.319. The average molecular weight is 274 g/mol. The fourth-order valence-electron chi connectivity index (χ4n) is 2.53. The molecule has 0 aliphatic heterocycles. The fraction of sp³-hybridized carbons (Fsp3) is 0.529. The van der Waals surface area contributed by atoms with Crippen LogP contribution >= 0.6 is 0 Å². The summed E-state index contributed by atoms with van der Waals surface area (Å²) >= 11 is 0. The van der Waals surface area contributed by atoms with Gasteiger partial charge in [-0.25, -0.2) is 0 Å². The Morgan fingerprint density at radius 2 is 2.20 bits per heavy atom. The van der Waals surface area contributed by atoms with E-state index in [0.717, 1.165) is 36.5 Å². The predicted molar refractivity (Wildman–Crippen MR) is 86.3 cm³/mol. The van der Waals surface area contributed by atoms with E-state index in [0.29, 0.717) is 6.61 Å². The molecule has 3 N–H and O–H groups in total. The SMILES string of the molecule is CCCOc1cccc(NCCC2=CCCCC2)c1N. The number of nitrogens with two attached hydrogens (primary N) is 1. The van der Waals surface area contributed by atoms with E-state index >= 15 is 0 Å². The Bertz CT molecular complexity index is 454. The van der Waals surface area contributed by atoms with Crippen molar-refractivity contribution in [2.75, 3.05) is 24.2 Å². The molecule has 1 aliphatic carbocycles. The number of rotatable bonds is 7. The van der Waals surface area contributed by atoms with Crippen LogP contribution in [0.1, 0.15) is 45.4 Å². The van der Waals surface area contributed by atoms with Crippen LogP contribution in [0.25, 0.3) is 0 Å². The second-order valence-electron chi connectivity index (χ2n) is 5.35. The highest BCUT2D eigenvalue weighted by Crippen LogP contribution is 2.29. The van der Waals surface area contributed by atoms with Gasteiger partial charge in [0.05, 0.1) is 18.0 Å². The Kier molecular flexibility index (Phi) is 5.78. The second-order valence-corrected chi connectivity index (χ2v) is 5.35. The molecule has 0 aromatic heterocycles. The maximum absolute atomic E-state index is 6.14. The lowest BCUT2D eigenvalue weighted by atomic mass is 9.97. The van der Waals surface area contributed by atoms with E-state index in [4.69, 9.17) is 10.5 Å². The van der Waals surface area contributed by atoms with E-state index < -0.39 is 0 Å². The summed E-state index contributed by atoms with van der Waals surface area (Å²) in [5.41, 5.74) is 9.43. The van der Waals surface area contributed by atoms with E-state index in [1.54, 1.807) is 5.57 Å². The zero-order valence-corrected chi connectivity index (χ0v) is 12.5. The smallest absolute Gasteiger partial charge is 0.144 e. The number of hydrogen-bond acceptors (Lipinski definition) is 3. The largest absolute Gasteiger partial charge is 0.491 e. The zero-order chi connectivity index (χ0) is 14.2. The molecule has 0 unspecified atom stereocenters. The van der Waals surface area contributed by atoms with Crippen LogP contribution in [-0.2, 0) is 0 Å². The lowest BCUT2D eigenvalue weighted by Crippen LogP contribution is -2.07. The Labute approximate surface area is 122 Å². The molecule has 0 atom stereocenters. The first kappa shape index (κ1) is 14.8. The van der Waals surface area contributed by atoms with Crippen molar-refractivity contribution in [1.82, 2.24) is 0 Å². The molecule has 1 aliphatic rings. The van der Waals surface area contributed by atoms with E-state index in [1.165, 1.54) is 25.7 Å². The standard InChI is InChI=1S/C17H26N2O/c1-2-13-20-16-10-6-9-15(17(16)18)19-12-11-14-7-4-3-5-8-14/h6-7,9-10,19H,2-5,8,11-13,18H2,1H3. The summed E-state index contributed by atoms with van der Waals surface area (Å²) in [5, 5.41) is 3.43. The molecule has 110 valence electrons. The van der Waals surface area contributed by atoms with Crippen LogP contribution in [0.2, 0.25) is 0 Å². The van der Waals surface area contributed by atoms with Gasteiger partial charge < -0.3 is 15.8 Å².